The molecule has 1 aliphatic heterocycles. The van der Waals surface area contributed by atoms with Crippen LogP contribution in [0.3, 0.4) is 0 Å². The van der Waals surface area contributed by atoms with E-state index in [2.05, 4.69) is 36.0 Å². The van der Waals surface area contributed by atoms with Gasteiger partial charge in [-0.1, -0.05) is 54.6 Å². The van der Waals surface area contributed by atoms with Crippen molar-refractivity contribution in [3.05, 3.63) is 77.8 Å². The molecule has 2 nitrogen and oxygen atoms in total. The molecule has 1 aromatic carbocycles. The van der Waals surface area contributed by atoms with Crippen molar-refractivity contribution in [1.82, 2.24) is 5.32 Å². The van der Waals surface area contributed by atoms with Crippen molar-refractivity contribution in [1.29, 1.82) is 0 Å². The van der Waals surface area contributed by atoms with Crippen LogP contribution < -0.4 is 5.32 Å². The zero-order chi connectivity index (χ0) is 12.9. The molecule has 1 spiro atoms. The first-order valence-electron chi connectivity index (χ1n) is 6.61. The topological polar surface area (TPSA) is 29.1 Å². The Morgan fingerprint density at radius 2 is 2.11 bits per heavy atom. The Kier molecular flexibility index (Phi) is 2.10. The zero-order valence-corrected chi connectivity index (χ0v) is 10.5. The minimum absolute atomic E-state index is 0.0889. The minimum Gasteiger partial charge on any atom is -0.342 e. The van der Waals surface area contributed by atoms with Crippen molar-refractivity contribution in [2.45, 2.75) is 12.0 Å². The van der Waals surface area contributed by atoms with E-state index in [0.29, 0.717) is 0 Å². The lowest BCUT2D eigenvalue weighted by molar-refractivity contribution is -0.124. The van der Waals surface area contributed by atoms with Crippen LogP contribution >= 0.6 is 0 Å². The predicted octanol–water partition coefficient (Wildman–Crippen LogP) is 2.44. The van der Waals surface area contributed by atoms with Gasteiger partial charge in [0.15, 0.2) is 0 Å². The van der Waals surface area contributed by atoms with Crippen molar-refractivity contribution in [3.63, 3.8) is 0 Å². The summed E-state index contributed by atoms with van der Waals surface area (Å²) >= 11 is 0. The fourth-order valence-electron chi connectivity index (χ4n) is 3.25. The summed E-state index contributed by atoms with van der Waals surface area (Å²) in [6.07, 6.45) is 13.2. The van der Waals surface area contributed by atoms with Crippen molar-refractivity contribution in [2.24, 2.45) is 5.92 Å². The quantitative estimate of drug-likeness (QED) is 0.750. The average Bonchev–Trinajstić information content (AvgIpc) is 2.78. The molecule has 2 heteroatoms. The third kappa shape index (κ3) is 1.46. The van der Waals surface area contributed by atoms with Gasteiger partial charge in [-0.15, -0.1) is 0 Å². The molecular formula is C17H14NO. The largest absolute Gasteiger partial charge is 0.342 e. The molecule has 2 aliphatic carbocycles. The van der Waals surface area contributed by atoms with E-state index >= 15 is 0 Å². The molecule has 1 amide bonds. The Labute approximate surface area is 112 Å². The molecule has 4 rings (SSSR count). The number of carbonyl (C=O) groups is 1. The van der Waals surface area contributed by atoms with E-state index in [1.165, 1.54) is 11.1 Å². The molecule has 0 fully saturated rings. The lowest BCUT2D eigenvalue weighted by Crippen LogP contribution is -2.49. The van der Waals surface area contributed by atoms with E-state index in [4.69, 9.17) is 0 Å². The van der Waals surface area contributed by atoms with Gasteiger partial charge >= 0.3 is 0 Å². The summed E-state index contributed by atoms with van der Waals surface area (Å²) in [6.45, 7) is 0. The highest BCUT2D eigenvalue weighted by Gasteiger charge is 2.43. The van der Waals surface area contributed by atoms with Crippen molar-refractivity contribution >= 4 is 5.91 Å². The van der Waals surface area contributed by atoms with Crippen LogP contribution in [-0.2, 0) is 16.8 Å². The maximum Gasteiger partial charge on any atom is 0.232 e. The number of hydrogen-bond acceptors (Lipinski definition) is 1. The fourth-order valence-corrected chi connectivity index (χ4v) is 3.25. The van der Waals surface area contributed by atoms with Gasteiger partial charge in [-0.05, 0) is 29.5 Å². The number of fused-ring (bicyclic) bond motifs is 3. The summed E-state index contributed by atoms with van der Waals surface area (Å²) in [5.74, 6) is -0.0390. The molecule has 93 valence electrons. The van der Waals surface area contributed by atoms with E-state index in [1.807, 2.05) is 30.4 Å². The van der Waals surface area contributed by atoms with Crippen molar-refractivity contribution in [2.75, 3.05) is 0 Å². The second kappa shape index (κ2) is 3.70. The second-order valence-electron chi connectivity index (χ2n) is 5.29. The Balaban J connectivity index is 1.88. The standard InChI is InChI=1S/C17H14NO/c19-16-14-7-3-1-6-13(14)11-17(18-16)10-9-12-5-2-4-8-15(12)17/h1-8,10-11,14H,9H2,(H,18,19). The normalized spacial score (nSPS) is 30.8. The number of hydrogen-bond donors (Lipinski definition) is 1. The number of benzene rings is 1. The summed E-state index contributed by atoms with van der Waals surface area (Å²) in [7, 11) is 0. The van der Waals surface area contributed by atoms with Crippen LogP contribution in [0.5, 0.6) is 0 Å². The van der Waals surface area contributed by atoms with Crippen LogP contribution in [0.25, 0.3) is 0 Å². The highest BCUT2D eigenvalue weighted by atomic mass is 16.2. The van der Waals surface area contributed by atoms with Crippen LogP contribution in [0.15, 0.2) is 60.2 Å². The monoisotopic (exact) mass is 248 g/mol. The van der Waals surface area contributed by atoms with E-state index in [0.717, 1.165) is 12.0 Å². The molecule has 19 heavy (non-hydrogen) atoms. The van der Waals surface area contributed by atoms with Gasteiger partial charge in [-0.3, -0.25) is 4.79 Å². The van der Waals surface area contributed by atoms with Crippen LogP contribution in [0.2, 0.25) is 0 Å². The molecule has 0 aromatic heterocycles. The lowest BCUT2D eigenvalue weighted by atomic mass is 9.80. The SMILES string of the molecule is O=C1NC2([CH]Cc3ccccc32)C=C2C=CC=CC12. The summed E-state index contributed by atoms with van der Waals surface area (Å²) < 4.78 is 0. The lowest BCUT2D eigenvalue weighted by Gasteiger charge is -2.36. The molecule has 1 heterocycles. The van der Waals surface area contributed by atoms with Crippen LogP contribution in [0.4, 0.5) is 0 Å². The van der Waals surface area contributed by atoms with Crippen LogP contribution in [-0.4, -0.2) is 5.91 Å². The van der Waals surface area contributed by atoms with Crippen LogP contribution in [0, 0.1) is 12.3 Å². The Hall–Kier alpha value is -2.09. The van der Waals surface area contributed by atoms with Gasteiger partial charge in [0, 0.05) is 0 Å². The highest BCUT2D eigenvalue weighted by molar-refractivity contribution is 5.88. The van der Waals surface area contributed by atoms with Gasteiger partial charge < -0.3 is 5.32 Å². The summed E-state index contributed by atoms with van der Waals surface area (Å²) in [4.78, 5) is 12.3. The van der Waals surface area contributed by atoms with Gasteiger partial charge in [0.05, 0.1) is 11.5 Å². The molecule has 0 saturated heterocycles. The molecule has 2 unspecified atom stereocenters. The number of carbonyl (C=O) groups excluding carboxylic acids is 1. The third-order valence-corrected chi connectivity index (χ3v) is 4.18. The smallest absolute Gasteiger partial charge is 0.232 e. The Morgan fingerprint density at radius 1 is 1.21 bits per heavy atom. The van der Waals surface area contributed by atoms with Gasteiger partial charge in [0.1, 0.15) is 0 Å². The second-order valence-corrected chi connectivity index (χ2v) is 5.29. The summed E-state index contributed by atoms with van der Waals surface area (Å²) in [5.41, 5.74) is 3.19. The van der Waals surface area contributed by atoms with Gasteiger partial charge in [0.25, 0.3) is 0 Å². The van der Waals surface area contributed by atoms with Gasteiger partial charge in [0.2, 0.25) is 5.91 Å². The van der Waals surface area contributed by atoms with E-state index in [1.54, 1.807) is 0 Å². The van der Waals surface area contributed by atoms with E-state index in [-0.39, 0.29) is 11.8 Å². The number of rotatable bonds is 0. The van der Waals surface area contributed by atoms with Crippen molar-refractivity contribution < 1.29 is 4.79 Å². The Bertz CT molecular complexity index is 653. The molecule has 0 bridgehead atoms. The predicted molar refractivity (Wildman–Crippen MR) is 74.1 cm³/mol. The number of allylic oxidation sites excluding steroid dienone is 3. The average molecular weight is 248 g/mol. The molecule has 1 aromatic rings. The third-order valence-electron chi connectivity index (χ3n) is 4.18. The maximum absolute atomic E-state index is 12.3. The van der Waals surface area contributed by atoms with Crippen LogP contribution in [0.1, 0.15) is 11.1 Å². The molecular weight excluding hydrogens is 234 g/mol. The first-order chi connectivity index (χ1) is 9.28. The van der Waals surface area contributed by atoms with Gasteiger partial charge in [-0.2, -0.15) is 0 Å². The number of nitrogens with one attached hydrogen (secondary N) is 1. The molecule has 0 saturated carbocycles. The Morgan fingerprint density at radius 3 is 3.05 bits per heavy atom. The van der Waals surface area contributed by atoms with E-state index < -0.39 is 5.54 Å². The number of amides is 1. The van der Waals surface area contributed by atoms with E-state index in [9.17, 15) is 4.79 Å². The molecule has 2 atom stereocenters. The maximum atomic E-state index is 12.3. The fraction of sp³-hybridized carbons (Fsp3) is 0.176. The van der Waals surface area contributed by atoms with Crippen molar-refractivity contribution in [3.8, 4) is 0 Å². The molecule has 1 radical (unpaired) electrons. The summed E-state index contributed by atoms with van der Waals surface area (Å²) in [5, 5.41) is 3.19. The van der Waals surface area contributed by atoms with Gasteiger partial charge in [-0.25, -0.2) is 0 Å². The first kappa shape index (κ1) is 10.8. The zero-order valence-electron chi connectivity index (χ0n) is 10.5. The highest BCUT2D eigenvalue weighted by Crippen LogP contribution is 2.42. The first-order valence-corrected chi connectivity index (χ1v) is 6.61. The summed E-state index contributed by atoms with van der Waals surface area (Å²) in [6, 6.07) is 8.33. The minimum atomic E-state index is -0.408. The molecule has 3 aliphatic rings. The molecule has 1 N–H and O–H groups in total.